The maximum Gasteiger partial charge on any atom is 0.0525 e. The average Bonchev–Trinajstić information content (AvgIpc) is 2.99. The van der Waals surface area contributed by atoms with Gasteiger partial charge < -0.3 is 0 Å². The summed E-state index contributed by atoms with van der Waals surface area (Å²) in [6.45, 7) is 7.32. The van der Waals surface area contributed by atoms with Crippen LogP contribution in [0.25, 0.3) is 0 Å². The molecule has 2 aromatic rings. The maximum atomic E-state index is 2.44. The fourth-order valence-corrected chi connectivity index (χ4v) is 7.96. The monoisotopic (exact) mass is 321 g/mol. The lowest BCUT2D eigenvalue weighted by Crippen LogP contribution is -2.34. The van der Waals surface area contributed by atoms with Crippen molar-refractivity contribution in [2.75, 3.05) is 0 Å². The van der Waals surface area contributed by atoms with Crippen LogP contribution in [0.4, 0.5) is 0 Å². The molecule has 0 atom stereocenters. The van der Waals surface area contributed by atoms with Crippen LogP contribution in [-0.4, -0.2) is 8.07 Å². The molecular weight excluding hydrogens is 299 g/mol. The lowest BCUT2D eigenvalue weighted by molar-refractivity contribution is 1.36. The third-order valence-corrected chi connectivity index (χ3v) is 8.63. The molecular formula is C20H22PSi. The van der Waals surface area contributed by atoms with E-state index in [-0.39, 0.29) is 0 Å². The minimum Gasteiger partial charge on any atom is -0.0691 e. The quantitative estimate of drug-likeness (QED) is 0.564. The molecule has 2 heteroatoms. The molecule has 22 heavy (non-hydrogen) atoms. The molecule has 0 spiro atoms. The topological polar surface area (TPSA) is 0 Å². The summed E-state index contributed by atoms with van der Waals surface area (Å²) in [5.41, 5.74) is 3.15. The first-order chi connectivity index (χ1) is 10.6. The zero-order valence-electron chi connectivity index (χ0n) is 13.5. The van der Waals surface area contributed by atoms with Crippen molar-refractivity contribution in [3.05, 3.63) is 91.1 Å². The van der Waals surface area contributed by atoms with E-state index in [1.54, 1.807) is 11.2 Å². The summed E-state index contributed by atoms with van der Waals surface area (Å²) in [6.07, 6.45) is 6.94. The first-order valence-corrected chi connectivity index (χ1v) is 12.6. The van der Waals surface area contributed by atoms with E-state index in [9.17, 15) is 0 Å². The largest absolute Gasteiger partial charge is 0.0691 e. The Morgan fingerprint density at radius 2 is 1.18 bits per heavy atom. The van der Waals surface area contributed by atoms with Gasteiger partial charge in [0, 0.05) is 5.66 Å². The molecule has 1 saturated carbocycles. The van der Waals surface area contributed by atoms with E-state index in [1.165, 1.54) is 10.6 Å². The van der Waals surface area contributed by atoms with Gasteiger partial charge in [-0.15, -0.1) is 0 Å². The van der Waals surface area contributed by atoms with Crippen LogP contribution in [-0.2, 0) is 0 Å². The minimum absolute atomic E-state index is 0.459. The van der Waals surface area contributed by atoms with Crippen LogP contribution in [0.5, 0.6) is 0 Å². The standard InChI is InChI=1S/C20H22PSi/c1-22(2,3)20-16-10-15-19(20)21(17-11-6-4-7-12-17)18-13-8-5-9-14-18/h4-16H,1-3H3. The normalized spacial score (nSPS) is 17.3. The first kappa shape index (κ1) is 16.0. The van der Waals surface area contributed by atoms with Crippen molar-refractivity contribution in [1.29, 1.82) is 0 Å². The Bertz CT molecular complexity index is 549. The Morgan fingerprint density at radius 1 is 0.682 bits per heavy atom. The third-order valence-electron chi connectivity index (χ3n) is 3.87. The van der Waals surface area contributed by atoms with E-state index in [4.69, 9.17) is 0 Å². The molecule has 2 aromatic carbocycles. The lowest BCUT2D eigenvalue weighted by atomic mass is 10.3. The second kappa shape index (κ2) is 6.68. The minimum atomic E-state index is -1.34. The van der Waals surface area contributed by atoms with Crippen molar-refractivity contribution >= 4 is 26.6 Å². The van der Waals surface area contributed by atoms with Crippen molar-refractivity contribution in [1.82, 2.24) is 0 Å². The van der Waals surface area contributed by atoms with Gasteiger partial charge in [-0.2, -0.15) is 0 Å². The maximum absolute atomic E-state index is 2.44. The Hall–Kier alpha value is -0.913. The van der Waals surface area contributed by atoms with E-state index in [0.29, 0.717) is 0 Å². The molecule has 0 saturated heterocycles. The van der Waals surface area contributed by atoms with Crippen molar-refractivity contribution in [2.24, 2.45) is 0 Å². The molecule has 1 aliphatic carbocycles. The molecule has 0 heterocycles. The van der Waals surface area contributed by atoms with Crippen molar-refractivity contribution < 1.29 is 0 Å². The van der Waals surface area contributed by atoms with Crippen LogP contribution >= 0.6 is 7.92 Å². The van der Waals surface area contributed by atoms with Crippen LogP contribution < -0.4 is 10.6 Å². The SMILES string of the molecule is C[Si](C)(C)[C]1[CH][CH][CH][C]1P(c1ccccc1)c1ccccc1. The number of rotatable bonds is 4. The summed E-state index contributed by atoms with van der Waals surface area (Å²) in [5, 5.41) is 2.88. The zero-order chi connectivity index (χ0) is 15.6. The highest BCUT2D eigenvalue weighted by molar-refractivity contribution is 7.76. The van der Waals surface area contributed by atoms with Crippen LogP contribution in [0.3, 0.4) is 0 Å². The fourth-order valence-electron chi connectivity index (χ4n) is 2.82. The highest BCUT2D eigenvalue weighted by atomic mass is 31.1. The van der Waals surface area contributed by atoms with E-state index >= 15 is 0 Å². The van der Waals surface area contributed by atoms with Gasteiger partial charge in [0.25, 0.3) is 0 Å². The van der Waals surface area contributed by atoms with E-state index < -0.39 is 16.0 Å². The first-order valence-electron chi connectivity index (χ1n) is 7.74. The Labute approximate surface area is 137 Å². The Kier molecular flexibility index (Phi) is 4.85. The molecule has 111 valence electrons. The molecule has 0 bridgehead atoms. The van der Waals surface area contributed by atoms with Crippen molar-refractivity contribution in [3.63, 3.8) is 0 Å². The van der Waals surface area contributed by atoms with E-state index in [2.05, 4.69) is 99.6 Å². The van der Waals surface area contributed by atoms with Crippen LogP contribution in [0.2, 0.25) is 19.6 Å². The number of benzene rings is 2. The third kappa shape index (κ3) is 3.36. The summed E-state index contributed by atoms with van der Waals surface area (Å²) in [4.78, 5) is 0. The van der Waals surface area contributed by atoms with Gasteiger partial charge in [-0.3, -0.25) is 0 Å². The summed E-state index contributed by atoms with van der Waals surface area (Å²) in [6, 6.07) is 21.9. The molecule has 0 nitrogen and oxygen atoms in total. The smallest absolute Gasteiger partial charge is 0.0525 e. The van der Waals surface area contributed by atoms with Gasteiger partial charge in [-0.05, 0) is 43.3 Å². The van der Waals surface area contributed by atoms with Gasteiger partial charge in [-0.1, -0.05) is 80.3 Å². The van der Waals surface area contributed by atoms with E-state index in [0.717, 1.165) is 0 Å². The van der Waals surface area contributed by atoms with Gasteiger partial charge in [0.05, 0.1) is 8.07 Å². The summed E-state index contributed by atoms with van der Waals surface area (Å²) < 4.78 is 0. The highest BCUT2D eigenvalue weighted by Crippen LogP contribution is 2.58. The number of hydrogen-bond acceptors (Lipinski definition) is 0. The average molecular weight is 321 g/mol. The lowest BCUT2D eigenvalue weighted by Gasteiger charge is -2.35. The van der Waals surface area contributed by atoms with Gasteiger partial charge in [0.2, 0.25) is 0 Å². The zero-order valence-corrected chi connectivity index (χ0v) is 15.3. The fraction of sp³-hybridized carbons (Fsp3) is 0.150. The van der Waals surface area contributed by atoms with Crippen LogP contribution in [0.1, 0.15) is 0 Å². The number of hydrogen-bond donors (Lipinski definition) is 0. The summed E-state index contributed by atoms with van der Waals surface area (Å²) >= 11 is 0. The Balaban J connectivity index is 2.03. The molecule has 0 aliphatic heterocycles. The van der Waals surface area contributed by atoms with Crippen LogP contribution in [0, 0.1) is 30.5 Å². The second-order valence-corrected chi connectivity index (χ2v) is 13.8. The molecule has 1 fully saturated rings. The van der Waals surface area contributed by atoms with Crippen LogP contribution in [0.15, 0.2) is 60.7 Å². The molecule has 0 unspecified atom stereocenters. The molecule has 0 N–H and O–H groups in total. The van der Waals surface area contributed by atoms with Gasteiger partial charge in [0.15, 0.2) is 0 Å². The predicted octanol–water partition coefficient (Wildman–Crippen LogP) is 4.73. The molecule has 0 aromatic heterocycles. The van der Waals surface area contributed by atoms with Gasteiger partial charge in [0.1, 0.15) is 0 Å². The second-order valence-electron chi connectivity index (χ2n) is 6.58. The predicted molar refractivity (Wildman–Crippen MR) is 102 cm³/mol. The van der Waals surface area contributed by atoms with Gasteiger partial charge >= 0.3 is 0 Å². The molecule has 0 amide bonds. The summed E-state index contributed by atoms with van der Waals surface area (Å²) in [7, 11) is -1.80. The molecule has 3 rings (SSSR count). The molecule has 5 radical (unpaired) electrons. The van der Waals surface area contributed by atoms with Gasteiger partial charge in [-0.25, -0.2) is 0 Å². The van der Waals surface area contributed by atoms with Crippen molar-refractivity contribution in [2.45, 2.75) is 19.6 Å². The van der Waals surface area contributed by atoms with Crippen molar-refractivity contribution in [3.8, 4) is 0 Å². The van der Waals surface area contributed by atoms with E-state index in [1.807, 2.05) is 0 Å². The Morgan fingerprint density at radius 3 is 1.64 bits per heavy atom. The summed E-state index contributed by atoms with van der Waals surface area (Å²) in [5.74, 6) is 0. The molecule has 1 aliphatic rings. The highest BCUT2D eigenvalue weighted by Gasteiger charge is 2.43.